The molecule has 0 aromatic heterocycles. The molecule has 0 saturated carbocycles. The topological polar surface area (TPSA) is 78.9 Å². The van der Waals surface area contributed by atoms with E-state index in [-0.39, 0.29) is 43.6 Å². The minimum atomic E-state index is -0.765. The molecular weight excluding hydrogens is 324 g/mol. The maximum Gasteiger partial charge on any atom is 0.333 e. The van der Waals surface area contributed by atoms with Gasteiger partial charge in [0.25, 0.3) is 0 Å². The highest BCUT2D eigenvalue weighted by Gasteiger charge is 2.34. The molecule has 0 aliphatic heterocycles. The molecule has 0 fully saturated rings. The van der Waals surface area contributed by atoms with Gasteiger partial charge >= 0.3 is 17.9 Å². The fraction of sp³-hybridized carbons (Fsp3) is 0.737. The maximum atomic E-state index is 11.9. The highest BCUT2D eigenvalue weighted by atomic mass is 16.6. The van der Waals surface area contributed by atoms with Gasteiger partial charge in [0.05, 0.1) is 17.3 Å². The third-order valence-corrected chi connectivity index (χ3v) is 4.00. The van der Waals surface area contributed by atoms with Crippen LogP contribution in [0.25, 0.3) is 0 Å². The van der Waals surface area contributed by atoms with E-state index in [9.17, 15) is 14.4 Å². The van der Waals surface area contributed by atoms with E-state index in [0.717, 1.165) is 0 Å². The lowest BCUT2D eigenvalue weighted by atomic mass is 9.87. The van der Waals surface area contributed by atoms with Crippen LogP contribution >= 0.6 is 0 Å². The lowest BCUT2D eigenvalue weighted by molar-refractivity contribution is -0.164. The van der Waals surface area contributed by atoms with E-state index in [1.54, 1.807) is 47.6 Å². The molecule has 0 unspecified atom stereocenters. The van der Waals surface area contributed by atoms with Gasteiger partial charge in [-0.2, -0.15) is 0 Å². The number of allylic oxidation sites excluding steroid dienone is 1. The van der Waals surface area contributed by atoms with Gasteiger partial charge in [0, 0.05) is 5.57 Å². The molecule has 0 radical (unpaired) electrons. The van der Waals surface area contributed by atoms with Gasteiger partial charge in [-0.15, -0.1) is 0 Å². The average Bonchev–Trinajstić information content (AvgIpc) is 2.59. The van der Waals surface area contributed by atoms with E-state index in [2.05, 4.69) is 0 Å². The Labute approximate surface area is 150 Å². The fourth-order valence-corrected chi connectivity index (χ4v) is 1.66. The SMILES string of the molecule is CC=C(C)C(=O)OCC(CC)(COC(=O)C(C)C)COC(=O)C(C)C. The number of rotatable bonds is 10. The molecule has 6 nitrogen and oxygen atoms in total. The van der Waals surface area contributed by atoms with Gasteiger partial charge in [0.15, 0.2) is 0 Å². The highest BCUT2D eigenvalue weighted by molar-refractivity contribution is 5.87. The normalized spacial score (nSPS) is 12.3. The van der Waals surface area contributed by atoms with Crippen molar-refractivity contribution >= 4 is 17.9 Å². The van der Waals surface area contributed by atoms with Crippen molar-refractivity contribution < 1.29 is 28.6 Å². The van der Waals surface area contributed by atoms with Crippen LogP contribution in [0.1, 0.15) is 54.9 Å². The molecule has 25 heavy (non-hydrogen) atoms. The Morgan fingerprint density at radius 2 is 1.28 bits per heavy atom. The van der Waals surface area contributed by atoms with Crippen LogP contribution in [-0.2, 0) is 28.6 Å². The van der Waals surface area contributed by atoms with Crippen molar-refractivity contribution in [3.05, 3.63) is 11.6 Å². The molecule has 144 valence electrons. The van der Waals surface area contributed by atoms with Crippen LogP contribution < -0.4 is 0 Å². The van der Waals surface area contributed by atoms with Crippen LogP contribution in [0.5, 0.6) is 0 Å². The minimum absolute atomic E-state index is 0.00423. The molecule has 0 atom stereocenters. The van der Waals surface area contributed by atoms with Gasteiger partial charge in [-0.3, -0.25) is 9.59 Å². The molecule has 0 spiro atoms. The molecular formula is C19H32O6. The Morgan fingerprint density at radius 3 is 1.60 bits per heavy atom. The van der Waals surface area contributed by atoms with Crippen molar-refractivity contribution in [2.45, 2.75) is 54.9 Å². The summed E-state index contributed by atoms with van der Waals surface area (Å²) in [5.74, 6) is -1.65. The third-order valence-electron chi connectivity index (χ3n) is 4.00. The van der Waals surface area contributed by atoms with E-state index in [1.807, 2.05) is 6.92 Å². The van der Waals surface area contributed by atoms with E-state index in [1.165, 1.54) is 0 Å². The fourth-order valence-electron chi connectivity index (χ4n) is 1.66. The van der Waals surface area contributed by atoms with Gasteiger partial charge in [0.2, 0.25) is 0 Å². The average molecular weight is 356 g/mol. The van der Waals surface area contributed by atoms with Gasteiger partial charge in [0.1, 0.15) is 19.8 Å². The lowest BCUT2D eigenvalue weighted by Crippen LogP contribution is -2.40. The Kier molecular flexibility index (Phi) is 10.1. The zero-order chi connectivity index (χ0) is 19.6. The van der Waals surface area contributed by atoms with Crippen molar-refractivity contribution in [1.29, 1.82) is 0 Å². The lowest BCUT2D eigenvalue weighted by Gasteiger charge is -2.31. The molecule has 0 aromatic carbocycles. The first-order valence-electron chi connectivity index (χ1n) is 8.71. The summed E-state index contributed by atoms with van der Waals surface area (Å²) in [4.78, 5) is 35.5. The Hall–Kier alpha value is -1.85. The van der Waals surface area contributed by atoms with Crippen molar-refractivity contribution in [3.63, 3.8) is 0 Å². The van der Waals surface area contributed by atoms with Crippen LogP contribution in [0.2, 0.25) is 0 Å². The summed E-state index contributed by atoms with van der Waals surface area (Å²) in [6, 6.07) is 0. The summed E-state index contributed by atoms with van der Waals surface area (Å²) in [5, 5.41) is 0. The zero-order valence-corrected chi connectivity index (χ0v) is 16.5. The predicted octanol–water partition coefficient (Wildman–Crippen LogP) is 3.29. The molecule has 0 heterocycles. The first kappa shape index (κ1) is 23.1. The van der Waals surface area contributed by atoms with Gasteiger partial charge < -0.3 is 14.2 Å². The molecule has 0 aromatic rings. The Morgan fingerprint density at radius 1 is 0.880 bits per heavy atom. The standard InChI is InChI=1S/C19H32O6/c1-8-15(7)18(22)25-12-19(9-2,10-23-16(20)13(3)4)11-24-17(21)14(5)6/h8,13-14H,9-12H2,1-7H3. The number of ether oxygens (including phenoxy) is 3. The molecule has 0 bridgehead atoms. The summed E-state index contributed by atoms with van der Waals surface area (Å²) in [6.45, 7) is 12.3. The first-order chi connectivity index (χ1) is 11.6. The van der Waals surface area contributed by atoms with Crippen molar-refractivity contribution in [1.82, 2.24) is 0 Å². The molecule has 0 aliphatic carbocycles. The first-order valence-corrected chi connectivity index (χ1v) is 8.71. The summed E-state index contributed by atoms with van der Waals surface area (Å²) in [5.41, 5.74) is -0.276. The quantitative estimate of drug-likeness (QED) is 0.339. The third kappa shape index (κ3) is 8.18. The van der Waals surface area contributed by atoms with Crippen molar-refractivity contribution in [2.75, 3.05) is 19.8 Å². The van der Waals surface area contributed by atoms with E-state index < -0.39 is 11.4 Å². The van der Waals surface area contributed by atoms with E-state index in [4.69, 9.17) is 14.2 Å². The summed E-state index contributed by atoms with van der Waals surface area (Å²) in [7, 11) is 0. The molecule has 0 N–H and O–H groups in total. The van der Waals surface area contributed by atoms with Gasteiger partial charge in [-0.25, -0.2) is 4.79 Å². The largest absolute Gasteiger partial charge is 0.465 e. The molecule has 0 rings (SSSR count). The van der Waals surface area contributed by atoms with E-state index >= 15 is 0 Å². The molecule has 0 aliphatic rings. The summed E-state index contributed by atoms with van der Waals surface area (Å²) < 4.78 is 16.0. The van der Waals surface area contributed by atoms with Crippen LogP contribution in [0.4, 0.5) is 0 Å². The Balaban J connectivity index is 5.11. The monoisotopic (exact) mass is 356 g/mol. The second-order valence-electron chi connectivity index (χ2n) is 6.93. The summed E-state index contributed by atoms with van der Waals surface area (Å²) in [6.07, 6.45) is 2.18. The highest BCUT2D eigenvalue weighted by Crippen LogP contribution is 2.25. The van der Waals surface area contributed by atoms with Crippen LogP contribution in [0.3, 0.4) is 0 Å². The van der Waals surface area contributed by atoms with Gasteiger partial charge in [-0.1, -0.05) is 40.7 Å². The number of hydrogen-bond acceptors (Lipinski definition) is 6. The Bertz CT molecular complexity index is 466. The van der Waals surface area contributed by atoms with Crippen molar-refractivity contribution in [3.8, 4) is 0 Å². The van der Waals surface area contributed by atoms with Crippen molar-refractivity contribution in [2.24, 2.45) is 17.3 Å². The van der Waals surface area contributed by atoms with Crippen LogP contribution in [0.15, 0.2) is 11.6 Å². The number of esters is 3. The number of carbonyl (C=O) groups excluding carboxylic acids is 3. The second kappa shape index (κ2) is 10.9. The van der Waals surface area contributed by atoms with Gasteiger partial charge in [-0.05, 0) is 20.3 Å². The second-order valence-corrected chi connectivity index (χ2v) is 6.93. The molecule has 0 amide bonds. The van der Waals surface area contributed by atoms with Crippen LogP contribution in [-0.4, -0.2) is 37.7 Å². The van der Waals surface area contributed by atoms with Crippen LogP contribution in [0, 0.1) is 17.3 Å². The summed E-state index contributed by atoms with van der Waals surface area (Å²) >= 11 is 0. The minimum Gasteiger partial charge on any atom is -0.465 e. The molecule has 6 heteroatoms. The smallest absolute Gasteiger partial charge is 0.333 e. The number of hydrogen-bond donors (Lipinski definition) is 0. The molecule has 0 saturated heterocycles. The maximum absolute atomic E-state index is 11.9. The number of carbonyl (C=O) groups is 3. The predicted molar refractivity (Wildman–Crippen MR) is 94.7 cm³/mol. The van der Waals surface area contributed by atoms with E-state index in [0.29, 0.717) is 12.0 Å². The zero-order valence-electron chi connectivity index (χ0n) is 16.5.